The van der Waals surface area contributed by atoms with Crippen LogP contribution in [0, 0.1) is 0 Å². The number of aliphatic hydroxyl groups is 1. The highest BCUT2D eigenvalue weighted by Crippen LogP contribution is 2.43. The third-order valence-corrected chi connectivity index (χ3v) is 9.88. The average Bonchev–Trinajstić information content (AvgIpc) is 3.04. The van der Waals surface area contributed by atoms with Gasteiger partial charge in [0, 0.05) is 6.42 Å². The molecule has 9 heteroatoms. The van der Waals surface area contributed by atoms with E-state index >= 15 is 0 Å². The minimum atomic E-state index is -4.33. The second kappa shape index (κ2) is 32.9. The van der Waals surface area contributed by atoms with Crippen molar-refractivity contribution in [3.63, 3.8) is 0 Å². The fourth-order valence-electron chi connectivity index (χ4n) is 5.63. The predicted octanol–water partition coefficient (Wildman–Crippen LogP) is 10.6. The van der Waals surface area contributed by atoms with Crippen LogP contribution in [0.1, 0.15) is 174 Å². The third kappa shape index (κ3) is 35.2. The van der Waals surface area contributed by atoms with Crippen molar-refractivity contribution in [2.24, 2.45) is 0 Å². The molecule has 0 saturated carbocycles. The fraction of sp³-hybridized carbons (Fsp3) is 0.875. The molecule has 0 aromatic rings. The molecule has 49 heavy (non-hydrogen) atoms. The zero-order chi connectivity index (χ0) is 36.5. The number of nitrogens with one attached hydrogen (secondary N) is 1. The summed E-state index contributed by atoms with van der Waals surface area (Å²) in [6.07, 6.45) is 36.6. The van der Waals surface area contributed by atoms with Crippen molar-refractivity contribution in [2.75, 3.05) is 40.9 Å². The van der Waals surface area contributed by atoms with Crippen molar-refractivity contribution in [2.45, 2.75) is 187 Å². The summed E-state index contributed by atoms with van der Waals surface area (Å²) in [6.45, 7) is 4.74. The number of hydrogen-bond acceptors (Lipinski definition) is 5. The molecule has 0 heterocycles. The number of hydrogen-bond donors (Lipinski definition) is 3. The van der Waals surface area contributed by atoms with Crippen LogP contribution < -0.4 is 5.32 Å². The van der Waals surface area contributed by atoms with E-state index in [9.17, 15) is 19.4 Å². The predicted molar refractivity (Wildman–Crippen MR) is 208 cm³/mol. The Bertz CT molecular complexity index is 860. The molecule has 0 aromatic heterocycles. The molecular weight excluding hydrogens is 635 g/mol. The van der Waals surface area contributed by atoms with E-state index in [-0.39, 0.29) is 19.1 Å². The highest BCUT2D eigenvalue weighted by molar-refractivity contribution is 7.47. The van der Waals surface area contributed by atoms with Gasteiger partial charge in [-0.1, -0.05) is 154 Å². The van der Waals surface area contributed by atoms with Gasteiger partial charge >= 0.3 is 7.82 Å². The highest BCUT2D eigenvalue weighted by Gasteiger charge is 2.27. The number of rotatable bonds is 36. The normalized spacial score (nSPS) is 14.8. The standard InChI is InChI=1S/C40H79N2O6P/c1-6-8-10-12-14-16-18-20-22-24-26-28-30-32-34-40(44)41-38(37-48-49(45,46)47-36-35-42(3,4)5)39(43)33-31-29-27-25-23-21-19-17-15-13-11-9-7-2/h11,13,31,33,38-39,43H,6-10,12,14-30,32,34-37H2,1-5H3,(H-,41,44,45,46)/p+1/b13-11+,33-31+/t38-,39+/m0/s1. The Kier molecular flexibility index (Phi) is 32.2. The van der Waals surface area contributed by atoms with Crippen LogP contribution in [0.25, 0.3) is 0 Å². The molecule has 3 atom stereocenters. The second-order valence-electron chi connectivity index (χ2n) is 15.0. The molecule has 0 aliphatic heterocycles. The van der Waals surface area contributed by atoms with Crippen molar-refractivity contribution in [3.05, 3.63) is 24.3 Å². The average molecular weight is 716 g/mol. The molecule has 0 rings (SSSR count). The van der Waals surface area contributed by atoms with Crippen molar-refractivity contribution >= 4 is 13.7 Å². The molecule has 0 aliphatic carbocycles. The van der Waals surface area contributed by atoms with Gasteiger partial charge in [-0.25, -0.2) is 4.57 Å². The molecule has 3 N–H and O–H groups in total. The van der Waals surface area contributed by atoms with Crippen LogP contribution in [0.3, 0.4) is 0 Å². The molecule has 0 fully saturated rings. The lowest BCUT2D eigenvalue weighted by Crippen LogP contribution is -2.45. The summed E-state index contributed by atoms with van der Waals surface area (Å²) < 4.78 is 23.5. The monoisotopic (exact) mass is 716 g/mol. The number of aliphatic hydroxyl groups excluding tert-OH is 1. The van der Waals surface area contributed by atoms with E-state index < -0.39 is 20.0 Å². The molecule has 0 radical (unpaired) electrons. The maximum absolute atomic E-state index is 12.8. The number of phosphoric ester groups is 1. The van der Waals surface area contributed by atoms with Crippen LogP contribution in [-0.2, 0) is 18.4 Å². The van der Waals surface area contributed by atoms with E-state index in [4.69, 9.17) is 9.05 Å². The lowest BCUT2D eigenvalue weighted by Gasteiger charge is -2.25. The van der Waals surface area contributed by atoms with Crippen LogP contribution in [-0.4, -0.2) is 73.4 Å². The van der Waals surface area contributed by atoms with Gasteiger partial charge in [-0.2, -0.15) is 0 Å². The van der Waals surface area contributed by atoms with Crippen LogP contribution in [0.5, 0.6) is 0 Å². The van der Waals surface area contributed by atoms with E-state index in [1.807, 2.05) is 27.2 Å². The SMILES string of the molecule is CCC/C=C/CCCCCCCC/C=C/[C@@H](O)[C@H](COP(=O)(O)OCC[N+](C)(C)C)NC(=O)CCCCCCCCCCCCCCCC. The third-order valence-electron chi connectivity index (χ3n) is 8.90. The lowest BCUT2D eigenvalue weighted by atomic mass is 10.0. The Morgan fingerprint density at radius 3 is 1.65 bits per heavy atom. The number of amides is 1. The summed E-state index contributed by atoms with van der Waals surface area (Å²) in [4.78, 5) is 23.0. The van der Waals surface area contributed by atoms with Gasteiger partial charge in [0.05, 0.1) is 39.9 Å². The van der Waals surface area contributed by atoms with E-state index in [1.165, 1.54) is 116 Å². The first-order valence-electron chi connectivity index (χ1n) is 20.2. The smallest absolute Gasteiger partial charge is 0.387 e. The summed E-state index contributed by atoms with van der Waals surface area (Å²) in [6, 6.07) is -0.843. The molecule has 0 saturated heterocycles. The van der Waals surface area contributed by atoms with Crippen molar-refractivity contribution < 1.29 is 32.9 Å². The molecular formula is C40H80N2O6P+. The second-order valence-corrected chi connectivity index (χ2v) is 16.5. The summed E-state index contributed by atoms with van der Waals surface area (Å²) in [5, 5.41) is 13.8. The molecule has 0 aromatic carbocycles. The molecule has 8 nitrogen and oxygen atoms in total. The summed E-state index contributed by atoms with van der Waals surface area (Å²) in [5.74, 6) is -0.181. The molecule has 0 aliphatic rings. The zero-order valence-corrected chi connectivity index (χ0v) is 33.6. The van der Waals surface area contributed by atoms with E-state index in [0.717, 1.165) is 38.5 Å². The van der Waals surface area contributed by atoms with Crippen LogP contribution in [0.4, 0.5) is 0 Å². The number of quaternary nitrogens is 1. The topological polar surface area (TPSA) is 105 Å². The van der Waals surface area contributed by atoms with Gasteiger partial charge in [0.25, 0.3) is 0 Å². The minimum absolute atomic E-state index is 0.0614. The number of allylic oxidation sites excluding steroid dienone is 3. The maximum Gasteiger partial charge on any atom is 0.472 e. The van der Waals surface area contributed by atoms with Crippen molar-refractivity contribution in [1.29, 1.82) is 0 Å². The van der Waals surface area contributed by atoms with Gasteiger partial charge < -0.3 is 19.8 Å². The number of likely N-dealkylation sites (N-methyl/N-ethyl adjacent to an activating group) is 1. The van der Waals surface area contributed by atoms with Crippen LogP contribution >= 0.6 is 7.82 Å². The lowest BCUT2D eigenvalue weighted by molar-refractivity contribution is -0.870. The van der Waals surface area contributed by atoms with Crippen molar-refractivity contribution in [1.82, 2.24) is 5.32 Å². The Labute approximate surface area is 303 Å². The number of carbonyl (C=O) groups is 1. The first-order valence-corrected chi connectivity index (χ1v) is 21.7. The van der Waals surface area contributed by atoms with E-state index in [1.54, 1.807) is 6.08 Å². The Balaban J connectivity index is 4.50. The van der Waals surface area contributed by atoms with Gasteiger partial charge in [-0.3, -0.25) is 13.8 Å². The molecule has 0 bridgehead atoms. The van der Waals surface area contributed by atoms with E-state index in [0.29, 0.717) is 17.4 Å². The largest absolute Gasteiger partial charge is 0.472 e. The summed E-state index contributed by atoms with van der Waals surface area (Å²) >= 11 is 0. The summed E-state index contributed by atoms with van der Waals surface area (Å²) in [5.41, 5.74) is 0. The molecule has 1 unspecified atom stereocenters. The van der Waals surface area contributed by atoms with Gasteiger partial charge in [0.1, 0.15) is 13.2 Å². The number of unbranched alkanes of at least 4 members (excludes halogenated alkanes) is 21. The number of phosphoric acid groups is 1. The first kappa shape index (κ1) is 48.0. The quantitative estimate of drug-likeness (QED) is 0.0258. The maximum atomic E-state index is 12.8. The Hall–Kier alpha value is -1.02. The van der Waals surface area contributed by atoms with Crippen LogP contribution in [0.15, 0.2) is 24.3 Å². The zero-order valence-electron chi connectivity index (χ0n) is 32.7. The van der Waals surface area contributed by atoms with Crippen molar-refractivity contribution in [3.8, 4) is 0 Å². The van der Waals surface area contributed by atoms with Gasteiger partial charge in [0.15, 0.2) is 0 Å². The molecule has 290 valence electrons. The number of nitrogens with zero attached hydrogens (tertiary/aromatic N) is 1. The molecule has 0 spiro atoms. The Morgan fingerprint density at radius 1 is 0.673 bits per heavy atom. The highest BCUT2D eigenvalue weighted by atomic mass is 31.2. The minimum Gasteiger partial charge on any atom is -0.387 e. The summed E-state index contributed by atoms with van der Waals surface area (Å²) in [7, 11) is 1.57. The van der Waals surface area contributed by atoms with Crippen LogP contribution in [0.2, 0.25) is 0 Å². The fourth-order valence-corrected chi connectivity index (χ4v) is 6.37. The van der Waals surface area contributed by atoms with Gasteiger partial charge in [0.2, 0.25) is 5.91 Å². The van der Waals surface area contributed by atoms with Gasteiger partial charge in [-0.15, -0.1) is 0 Å². The van der Waals surface area contributed by atoms with E-state index in [2.05, 4.69) is 31.3 Å². The number of carbonyl (C=O) groups excluding carboxylic acids is 1. The Morgan fingerprint density at radius 2 is 1.14 bits per heavy atom. The van der Waals surface area contributed by atoms with Gasteiger partial charge in [-0.05, 0) is 38.5 Å². The molecule has 1 amide bonds. The first-order chi connectivity index (χ1) is 23.5.